The maximum Gasteiger partial charge on any atom is 0.274 e. The molecule has 1 aliphatic heterocycles. The third-order valence-corrected chi connectivity index (χ3v) is 4.14. The Bertz CT molecular complexity index is 553. The summed E-state index contributed by atoms with van der Waals surface area (Å²) in [6, 6.07) is 0. The van der Waals surface area contributed by atoms with Crippen molar-refractivity contribution in [1.29, 1.82) is 0 Å². The van der Waals surface area contributed by atoms with Gasteiger partial charge in [-0.05, 0) is 0 Å². The van der Waals surface area contributed by atoms with Gasteiger partial charge >= 0.3 is 0 Å². The summed E-state index contributed by atoms with van der Waals surface area (Å²) >= 11 is 0. The van der Waals surface area contributed by atoms with Gasteiger partial charge in [0.25, 0.3) is 5.91 Å². The predicted octanol–water partition coefficient (Wildman–Crippen LogP) is -0.721. The van der Waals surface area contributed by atoms with Crippen molar-refractivity contribution >= 4 is 15.7 Å². The van der Waals surface area contributed by atoms with Gasteiger partial charge in [-0.2, -0.15) is 0 Å². The maximum absolute atomic E-state index is 12.1. The molecular formula is C12H18N4O3S. The van der Waals surface area contributed by atoms with Crippen molar-refractivity contribution in [3.8, 4) is 0 Å². The van der Waals surface area contributed by atoms with Crippen molar-refractivity contribution < 1.29 is 13.2 Å². The highest BCUT2D eigenvalue weighted by Gasteiger charge is 2.23. The molecule has 1 aromatic heterocycles. The number of amides is 1. The molecule has 0 atom stereocenters. The fraction of sp³-hybridized carbons (Fsp3) is 0.583. The molecule has 0 radical (unpaired) electrons. The highest BCUT2D eigenvalue weighted by molar-refractivity contribution is 7.90. The first-order valence-corrected chi connectivity index (χ1v) is 8.47. The third kappa shape index (κ3) is 4.24. The zero-order chi connectivity index (χ0) is 14.6. The van der Waals surface area contributed by atoms with E-state index in [-0.39, 0.29) is 11.7 Å². The van der Waals surface area contributed by atoms with Gasteiger partial charge in [-0.3, -0.25) is 14.7 Å². The van der Waals surface area contributed by atoms with Crippen molar-refractivity contribution in [2.45, 2.75) is 0 Å². The highest BCUT2D eigenvalue weighted by Crippen LogP contribution is 2.06. The van der Waals surface area contributed by atoms with Crippen LogP contribution in [0, 0.1) is 0 Å². The molecule has 7 nitrogen and oxygen atoms in total. The van der Waals surface area contributed by atoms with Gasteiger partial charge in [-0.1, -0.05) is 0 Å². The minimum absolute atomic E-state index is 0.124. The van der Waals surface area contributed by atoms with Crippen LogP contribution in [0.4, 0.5) is 0 Å². The van der Waals surface area contributed by atoms with E-state index in [1.165, 1.54) is 24.8 Å². The van der Waals surface area contributed by atoms with Crippen LogP contribution < -0.4 is 0 Å². The van der Waals surface area contributed by atoms with E-state index in [2.05, 4.69) is 14.9 Å². The Morgan fingerprint density at radius 2 is 1.95 bits per heavy atom. The zero-order valence-electron chi connectivity index (χ0n) is 11.4. The lowest BCUT2D eigenvalue weighted by atomic mass is 10.3. The molecule has 2 rings (SSSR count). The largest absolute Gasteiger partial charge is 0.335 e. The monoisotopic (exact) mass is 298 g/mol. The number of piperazine rings is 1. The van der Waals surface area contributed by atoms with E-state index < -0.39 is 9.84 Å². The van der Waals surface area contributed by atoms with Crippen LogP contribution in [0.1, 0.15) is 10.5 Å². The summed E-state index contributed by atoms with van der Waals surface area (Å²) in [5, 5.41) is 0. The number of aromatic nitrogens is 2. The molecule has 1 aliphatic rings. The highest BCUT2D eigenvalue weighted by atomic mass is 32.2. The summed E-state index contributed by atoms with van der Waals surface area (Å²) in [7, 11) is -2.94. The van der Waals surface area contributed by atoms with Gasteiger partial charge in [0, 0.05) is 51.4 Å². The second-order valence-corrected chi connectivity index (χ2v) is 7.11. The molecule has 0 aliphatic carbocycles. The number of hydrogen-bond acceptors (Lipinski definition) is 6. The third-order valence-electron chi connectivity index (χ3n) is 3.22. The molecule has 0 spiro atoms. The Morgan fingerprint density at radius 1 is 1.25 bits per heavy atom. The average Bonchev–Trinajstić information content (AvgIpc) is 2.45. The van der Waals surface area contributed by atoms with Crippen molar-refractivity contribution in [2.75, 3.05) is 44.7 Å². The number of carbonyl (C=O) groups excluding carboxylic acids is 1. The van der Waals surface area contributed by atoms with Crippen LogP contribution in [0.15, 0.2) is 18.6 Å². The molecular weight excluding hydrogens is 280 g/mol. The number of rotatable bonds is 4. The Labute approximate surface area is 118 Å². The van der Waals surface area contributed by atoms with E-state index in [0.29, 0.717) is 38.4 Å². The van der Waals surface area contributed by atoms with Crippen LogP contribution in [0.2, 0.25) is 0 Å². The molecule has 1 aromatic rings. The first kappa shape index (κ1) is 14.9. The average molecular weight is 298 g/mol. The summed E-state index contributed by atoms with van der Waals surface area (Å²) in [5.74, 6) is 0.0336. The van der Waals surface area contributed by atoms with Gasteiger partial charge in [0.05, 0.1) is 11.9 Å². The normalized spacial score (nSPS) is 17.1. The lowest BCUT2D eigenvalue weighted by molar-refractivity contribution is 0.0637. The summed E-state index contributed by atoms with van der Waals surface area (Å²) in [5.41, 5.74) is 0.345. The summed E-state index contributed by atoms with van der Waals surface area (Å²) in [6.07, 6.45) is 5.72. The Balaban J connectivity index is 1.84. The van der Waals surface area contributed by atoms with E-state index in [4.69, 9.17) is 0 Å². The quantitative estimate of drug-likeness (QED) is 0.729. The van der Waals surface area contributed by atoms with Crippen molar-refractivity contribution in [3.63, 3.8) is 0 Å². The predicted molar refractivity (Wildman–Crippen MR) is 74.1 cm³/mol. The minimum Gasteiger partial charge on any atom is -0.335 e. The standard InChI is InChI=1S/C12H18N4O3S/c1-20(18,19)9-8-15-4-6-16(7-5-15)12(17)11-10-13-2-3-14-11/h2-3,10H,4-9H2,1H3. The van der Waals surface area contributed by atoms with E-state index in [1.54, 1.807) is 4.90 Å². The van der Waals surface area contributed by atoms with Gasteiger partial charge in [-0.15, -0.1) is 0 Å². The van der Waals surface area contributed by atoms with Gasteiger partial charge in [0.15, 0.2) is 0 Å². The van der Waals surface area contributed by atoms with Crippen molar-refractivity contribution in [2.24, 2.45) is 0 Å². The van der Waals surface area contributed by atoms with Crippen LogP contribution in [-0.4, -0.2) is 78.8 Å². The molecule has 1 saturated heterocycles. The Hall–Kier alpha value is -1.54. The molecule has 1 amide bonds. The fourth-order valence-corrected chi connectivity index (χ4v) is 2.63. The van der Waals surface area contributed by atoms with E-state index in [0.717, 1.165) is 0 Å². The minimum atomic E-state index is -2.94. The number of sulfone groups is 1. The number of hydrogen-bond donors (Lipinski definition) is 0. The molecule has 2 heterocycles. The Kier molecular flexibility index (Phi) is 4.66. The van der Waals surface area contributed by atoms with Crippen LogP contribution in [-0.2, 0) is 9.84 Å². The zero-order valence-corrected chi connectivity index (χ0v) is 12.2. The van der Waals surface area contributed by atoms with Gasteiger partial charge < -0.3 is 4.90 Å². The van der Waals surface area contributed by atoms with Crippen LogP contribution in [0.5, 0.6) is 0 Å². The summed E-state index contributed by atoms with van der Waals surface area (Å²) in [4.78, 5) is 23.8. The second-order valence-electron chi connectivity index (χ2n) is 4.85. The topological polar surface area (TPSA) is 83.5 Å². The van der Waals surface area contributed by atoms with E-state index in [9.17, 15) is 13.2 Å². The molecule has 8 heteroatoms. The summed E-state index contributed by atoms with van der Waals surface area (Å²) in [6.45, 7) is 3.05. The maximum atomic E-state index is 12.1. The van der Waals surface area contributed by atoms with Gasteiger partial charge in [0.1, 0.15) is 15.5 Å². The molecule has 0 aromatic carbocycles. The molecule has 0 bridgehead atoms. The van der Waals surface area contributed by atoms with Crippen molar-refractivity contribution in [1.82, 2.24) is 19.8 Å². The number of carbonyl (C=O) groups is 1. The lowest BCUT2D eigenvalue weighted by Crippen LogP contribution is -2.49. The molecule has 0 unspecified atom stereocenters. The SMILES string of the molecule is CS(=O)(=O)CCN1CCN(C(=O)c2cnccn2)CC1. The lowest BCUT2D eigenvalue weighted by Gasteiger charge is -2.34. The fourth-order valence-electron chi connectivity index (χ4n) is 2.04. The molecule has 0 saturated carbocycles. The van der Waals surface area contributed by atoms with E-state index >= 15 is 0 Å². The molecule has 0 N–H and O–H groups in total. The van der Waals surface area contributed by atoms with Crippen LogP contribution in [0.25, 0.3) is 0 Å². The first-order valence-electron chi connectivity index (χ1n) is 6.41. The summed E-state index contributed by atoms with van der Waals surface area (Å²) < 4.78 is 22.3. The van der Waals surface area contributed by atoms with E-state index in [1.807, 2.05) is 0 Å². The van der Waals surface area contributed by atoms with Gasteiger partial charge in [0.2, 0.25) is 0 Å². The van der Waals surface area contributed by atoms with Crippen LogP contribution in [0.3, 0.4) is 0 Å². The molecule has 110 valence electrons. The number of nitrogens with zero attached hydrogens (tertiary/aromatic N) is 4. The van der Waals surface area contributed by atoms with Crippen LogP contribution >= 0.6 is 0 Å². The second kappa shape index (κ2) is 6.27. The molecule has 1 fully saturated rings. The Morgan fingerprint density at radius 3 is 2.50 bits per heavy atom. The smallest absolute Gasteiger partial charge is 0.274 e. The molecule has 20 heavy (non-hydrogen) atoms. The van der Waals surface area contributed by atoms with Crippen molar-refractivity contribution in [3.05, 3.63) is 24.3 Å². The first-order chi connectivity index (χ1) is 9.46. The van der Waals surface area contributed by atoms with Gasteiger partial charge in [-0.25, -0.2) is 13.4 Å².